The average Bonchev–Trinajstić information content (AvgIpc) is 2.37. The van der Waals surface area contributed by atoms with Crippen LogP contribution in [0.15, 0.2) is 43.0 Å². The molecule has 1 aromatic carbocycles. The van der Waals surface area contributed by atoms with E-state index in [1.165, 1.54) is 0 Å². The molecule has 0 spiro atoms. The molecule has 0 aromatic heterocycles. The minimum atomic E-state index is -0.931. The summed E-state index contributed by atoms with van der Waals surface area (Å²) in [5.41, 5.74) is 1.96. The van der Waals surface area contributed by atoms with Gasteiger partial charge in [0.05, 0.1) is 0 Å². The number of nitrogens with zero attached hydrogens (tertiary/aromatic N) is 1. The van der Waals surface area contributed by atoms with Gasteiger partial charge in [0.2, 0.25) is 0 Å². The number of para-hydroxylation sites is 1. The highest BCUT2D eigenvalue weighted by atomic mass is 16.4. The molecule has 1 aromatic rings. The molecule has 0 radical (unpaired) electrons. The third-order valence-electron chi connectivity index (χ3n) is 2.66. The SMILES string of the molecule is C=CCCCN(C)c1ccccc1/C=C/C(=O)O. The summed E-state index contributed by atoms with van der Waals surface area (Å²) in [6.45, 7) is 4.62. The first-order valence-electron chi connectivity index (χ1n) is 5.97. The number of hydrogen-bond acceptors (Lipinski definition) is 2. The molecular weight excluding hydrogens is 226 g/mol. The third-order valence-corrected chi connectivity index (χ3v) is 2.66. The molecule has 96 valence electrons. The zero-order valence-corrected chi connectivity index (χ0v) is 10.7. The number of anilines is 1. The lowest BCUT2D eigenvalue weighted by molar-refractivity contribution is -0.131. The monoisotopic (exact) mass is 245 g/mol. The summed E-state index contributed by atoms with van der Waals surface area (Å²) < 4.78 is 0. The Morgan fingerprint density at radius 2 is 2.17 bits per heavy atom. The number of benzene rings is 1. The maximum atomic E-state index is 10.6. The Hall–Kier alpha value is -2.03. The second-order valence-electron chi connectivity index (χ2n) is 4.08. The van der Waals surface area contributed by atoms with Crippen LogP contribution in [0.25, 0.3) is 6.08 Å². The summed E-state index contributed by atoms with van der Waals surface area (Å²) in [5, 5.41) is 8.67. The summed E-state index contributed by atoms with van der Waals surface area (Å²) >= 11 is 0. The van der Waals surface area contributed by atoms with Crippen LogP contribution in [0.3, 0.4) is 0 Å². The molecule has 0 atom stereocenters. The maximum absolute atomic E-state index is 10.6. The number of aliphatic carboxylic acids is 1. The van der Waals surface area contributed by atoms with Gasteiger partial charge in [-0.05, 0) is 30.5 Å². The van der Waals surface area contributed by atoms with Gasteiger partial charge in [-0.2, -0.15) is 0 Å². The predicted octanol–water partition coefficient (Wildman–Crippen LogP) is 3.19. The Labute approximate surface area is 108 Å². The van der Waals surface area contributed by atoms with Crippen molar-refractivity contribution >= 4 is 17.7 Å². The van der Waals surface area contributed by atoms with Crippen molar-refractivity contribution in [1.29, 1.82) is 0 Å². The smallest absolute Gasteiger partial charge is 0.328 e. The van der Waals surface area contributed by atoms with Gasteiger partial charge in [-0.1, -0.05) is 24.3 Å². The van der Waals surface area contributed by atoms with Crippen LogP contribution in [0.4, 0.5) is 5.69 Å². The molecule has 0 bridgehead atoms. The van der Waals surface area contributed by atoms with E-state index in [1.807, 2.05) is 37.4 Å². The Morgan fingerprint density at radius 3 is 2.83 bits per heavy atom. The van der Waals surface area contributed by atoms with Gasteiger partial charge in [0.1, 0.15) is 0 Å². The number of rotatable bonds is 7. The fourth-order valence-electron chi connectivity index (χ4n) is 1.73. The van der Waals surface area contributed by atoms with Crippen molar-refractivity contribution in [2.24, 2.45) is 0 Å². The first-order chi connectivity index (χ1) is 8.65. The van der Waals surface area contributed by atoms with Crippen LogP contribution >= 0.6 is 0 Å². The Bertz CT molecular complexity index is 438. The molecule has 3 nitrogen and oxygen atoms in total. The topological polar surface area (TPSA) is 40.5 Å². The Kier molecular flexibility index (Phi) is 5.71. The molecule has 1 N–H and O–H groups in total. The van der Waals surface area contributed by atoms with Crippen LogP contribution in [0, 0.1) is 0 Å². The van der Waals surface area contributed by atoms with Crippen LogP contribution < -0.4 is 4.90 Å². The number of unbranched alkanes of at least 4 members (excludes halogenated alkanes) is 1. The van der Waals surface area contributed by atoms with Gasteiger partial charge in [0.15, 0.2) is 0 Å². The van der Waals surface area contributed by atoms with Gasteiger partial charge in [-0.3, -0.25) is 0 Å². The van der Waals surface area contributed by atoms with Crippen molar-refractivity contribution in [2.45, 2.75) is 12.8 Å². The number of carbonyl (C=O) groups is 1. The minimum Gasteiger partial charge on any atom is -0.478 e. The standard InChI is InChI=1S/C15H19NO2/c1-3-4-7-12-16(2)14-9-6-5-8-13(14)10-11-15(17)18/h3,5-6,8-11H,1,4,7,12H2,2H3,(H,17,18)/b11-10+. The van der Waals surface area contributed by atoms with Crippen molar-refractivity contribution in [1.82, 2.24) is 0 Å². The van der Waals surface area contributed by atoms with Gasteiger partial charge in [-0.25, -0.2) is 4.79 Å². The van der Waals surface area contributed by atoms with E-state index in [1.54, 1.807) is 6.08 Å². The van der Waals surface area contributed by atoms with Crippen molar-refractivity contribution in [2.75, 3.05) is 18.5 Å². The molecule has 0 fully saturated rings. The molecule has 0 unspecified atom stereocenters. The molecule has 0 saturated carbocycles. The van der Waals surface area contributed by atoms with E-state index >= 15 is 0 Å². The first-order valence-corrected chi connectivity index (χ1v) is 5.97. The van der Waals surface area contributed by atoms with E-state index in [-0.39, 0.29) is 0 Å². The lowest BCUT2D eigenvalue weighted by Gasteiger charge is -2.21. The maximum Gasteiger partial charge on any atom is 0.328 e. The zero-order chi connectivity index (χ0) is 13.4. The molecule has 18 heavy (non-hydrogen) atoms. The number of carboxylic acids is 1. The molecule has 0 aliphatic rings. The third kappa shape index (κ3) is 4.45. The number of hydrogen-bond donors (Lipinski definition) is 1. The highest BCUT2D eigenvalue weighted by Crippen LogP contribution is 2.20. The zero-order valence-electron chi connectivity index (χ0n) is 10.7. The molecule has 0 heterocycles. The fourth-order valence-corrected chi connectivity index (χ4v) is 1.73. The fraction of sp³-hybridized carbons (Fsp3) is 0.267. The van der Waals surface area contributed by atoms with E-state index in [4.69, 9.17) is 5.11 Å². The molecular formula is C15H19NO2. The number of allylic oxidation sites excluding steroid dienone is 1. The van der Waals surface area contributed by atoms with E-state index in [0.29, 0.717) is 0 Å². The van der Waals surface area contributed by atoms with Crippen LogP contribution in [0.2, 0.25) is 0 Å². The highest BCUT2D eigenvalue weighted by molar-refractivity contribution is 5.86. The van der Waals surface area contributed by atoms with E-state index < -0.39 is 5.97 Å². The predicted molar refractivity (Wildman–Crippen MR) is 75.8 cm³/mol. The second-order valence-corrected chi connectivity index (χ2v) is 4.08. The van der Waals surface area contributed by atoms with Gasteiger partial charge in [-0.15, -0.1) is 6.58 Å². The summed E-state index contributed by atoms with van der Waals surface area (Å²) in [5.74, 6) is -0.931. The van der Waals surface area contributed by atoms with Gasteiger partial charge >= 0.3 is 5.97 Å². The van der Waals surface area contributed by atoms with Crippen LogP contribution in [0.1, 0.15) is 18.4 Å². The van der Waals surface area contributed by atoms with Crippen LogP contribution in [-0.4, -0.2) is 24.7 Å². The van der Waals surface area contributed by atoms with E-state index in [9.17, 15) is 4.79 Å². The minimum absolute atomic E-state index is 0.918. The molecule has 0 aliphatic heterocycles. The van der Waals surface area contributed by atoms with Crippen LogP contribution in [-0.2, 0) is 4.79 Å². The van der Waals surface area contributed by atoms with Gasteiger partial charge in [0.25, 0.3) is 0 Å². The molecule has 0 saturated heterocycles. The normalized spacial score (nSPS) is 10.5. The lowest BCUT2D eigenvalue weighted by Crippen LogP contribution is -2.19. The van der Waals surface area contributed by atoms with E-state index in [2.05, 4.69) is 11.5 Å². The van der Waals surface area contributed by atoms with Crippen molar-refractivity contribution in [3.8, 4) is 0 Å². The van der Waals surface area contributed by atoms with E-state index in [0.717, 1.165) is 36.7 Å². The van der Waals surface area contributed by atoms with Crippen LogP contribution in [0.5, 0.6) is 0 Å². The van der Waals surface area contributed by atoms with Gasteiger partial charge in [0, 0.05) is 25.4 Å². The summed E-state index contributed by atoms with van der Waals surface area (Å²) in [4.78, 5) is 12.7. The quantitative estimate of drug-likeness (QED) is 0.455. The molecule has 1 rings (SSSR count). The van der Waals surface area contributed by atoms with Gasteiger partial charge < -0.3 is 10.0 Å². The largest absolute Gasteiger partial charge is 0.478 e. The Balaban J connectivity index is 2.80. The lowest BCUT2D eigenvalue weighted by atomic mass is 10.1. The second kappa shape index (κ2) is 7.33. The van der Waals surface area contributed by atoms with Crippen molar-refractivity contribution in [3.63, 3.8) is 0 Å². The molecule has 3 heteroatoms. The summed E-state index contributed by atoms with van der Waals surface area (Å²) in [6, 6.07) is 7.77. The Morgan fingerprint density at radius 1 is 1.44 bits per heavy atom. The molecule has 0 aliphatic carbocycles. The van der Waals surface area contributed by atoms with Crippen molar-refractivity contribution in [3.05, 3.63) is 48.6 Å². The highest BCUT2D eigenvalue weighted by Gasteiger charge is 2.04. The first kappa shape index (κ1) is 14.0. The number of carboxylic acid groups (broad SMARTS) is 1. The van der Waals surface area contributed by atoms with Crippen molar-refractivity contribution < 1.29 is 9.90 Å². The average molecular weight is 245 g/mol. The summed E-state index contributed by atoms with van der Waals surface area (Å²) in [6.07, 6.45) is 6.72. The molecule has 0 amide bonds. The summed E-state index contributed by atoms with van der Waals surface area (Å²) in [7, 11) is 2.01.